The van der Waals surface area contributed by atoms with Gasteiger partial charge in [-0.1, -0.05) is 19.9 Å². The van der Waals surface area contributed by atoms with Gasteiger partial charge in [-0.15, -0.1) is 0 Å². The van der Waals surface area contributed by atoms with Gasteiger partial charge in [0.15, 0.2) is 0 Å². The second-order valence-electron chi connectivity index (χ2n) is 8.21. The van der Waals surface area contributed by atoms with Crippen molar-refractivity contribution < 1.29 is 19.5 Å². The maximum absolute atomic E-state index is 12.5. The van der Waals surface area contributed by atoms with Crippen molar-refractivity contribution in [1.29, 1.82) is 0 Å². The predicted molar refractivity (Wildman–Crippen MR) is 103 cm³/mol. The van der Waals surface area contributed by atoms with Crippen LogP contribution in [0.2, 0.25) is 0 Å². The molecule has 2 N–H and O–H groups in total. The average Bonchev–Trinajstić information content (AvgIpc) is 2.60. The first-order chi connectivity index (χ1) is 12.5. The molecule has 0 radical (unpaired) electrons. The number of benzene rings is 2. The normalized spacial score (nSPS) is 17.1. The summed E-state index contributed by atoms with van der Waals surface area (Å²) in [5.74, 6) is -1.12. The molecule has 140 valence electrons. The molecule has 0 saturated heterocycles. The quantitative estimate of drug-likeness (QED) is 0.855. The van der Waals surface area contributed by atoms with Crippen molar-refractivity contribution in [2.45, 2.75) is 44.9 Å². The van der Waals surface area contributed by atoms with Crippen LogP contribution in [-0.2, 0) is 15.6 Å². The third-order valence-corrected chi connectivity index (χ3v) is 5.37. The molecule has 0 aromatic heterocycles. The van der Waals surface area contributed by atoms with Gasteiger partial charge >= 0.3 is 5.97 Å². The summed E-state index contributed by atoms with van der Waals surface area (Å²) in [5.41, 5.74) is 2.38. The summed E-state index contributed by atoms with van der Waals surface area (Å²) in [5, 5.41) is 11.8. The minimum Gasteiger partial charge on any atom is -0.478 e. The summed E-state index contributed by atoms with van der Waals surface area (Å²) in [6, 6.07) is 11.4. The van der Waals surface area contributed by atoms with Crippen LogP contribution in [0.1, 0.15) is 66.0 Å². The van der Waals surface area contributed by atoms with E-state index in [2.05, 4.69) is 5.32 Å². The topological polar surface area (TPSA) is 83.5 Å². The lowest BCUT2D eigenvalue weighted by atomic mass is 9.62. The van der Waals surface area contributed by atoms with Crippen molar-refractivity contribution in [3.8, 4) is 0 Å². The Balaban J connectivity index is 1.90. The number of carboxylic acid groups (broad SMARTS) is 1. The molecule has 27 heavy (non-hydrogen) atoms. The Morgan fingerprint density at radius 1 is 0.926 bits per heavy atom. The van der Waals surface area contributed by atoms with Crippen molar-refractivity contribution in [2.75, 3.05) is 5.32 Å². The van der Waals surface area contributed by atoms with Crippen molar-refractivity contribution in [3.63, 3.8) is 0 Å². The molecule has 2 aromatic carbocycles. The predicted octanol–water partition coefficient (Wildman–Crippen LogP) is 4.17. The highest BCUT2D eigenvalue weighted by Gasteiger charge is 2.43. The van der Waals surface area contributed by atoms with Crippen LogP contribution in [0.5, 0.6) is 0 Å². The standard InChI is InChI=1S/C22H23NO4/c1-21(2)12-18(24)22(3,4)16-10-9-15(11-17(16)21)23-19(25)13-5-7-14(8-6-13)20(26)27/h5-11H,12H2,1-4H3,(H,23,25)(H,26,27). The number of anilines is 1. The molecule has 1 amide bonds. The zero-order chi connectivity index (χ0) is 20.0. The average molecular weight is 365 g/mol. The molecular formula is C22H23NO4. The number of hydrogen-bond acceptors (Lipinski definition) is 3. The van der Waals surface area contributed by atoms with Crippen molar-refractivity contribution in [3.05, 3.63) is 64.7 Å². The van der Waals surface area contributed by atoms with Gasteiger partial charge < -0.3 is 10.4 Å². The molecule has 0 aliphatic heterocycles. The smallest absolute Gasteiger partial charge is 0.335 e. The molecule has 3 rings (SSSR count). The highest BCUT2D eigenvalue weighted by molar-refractivity contribution is 6.05. The van der Waals surface area contributed by atoms with Gasteiger partial charge in [-0.25, -0.2) is 4.79 Å². The molecule has 0 heterocycles. The molecule has 1 aliphatic rings. The Morgan fingerprint density at radius 3 is 2.11 bits per heavy atom. The summed E-state index contributed by atoms with van der Waals surface area (Å²) >= 11 is 0. The molecule has 0 saturated carbocycles. The number of carbonyl (C=O) groups excluding carboxylic acids is 2. The van der Waals surface area contributed by atoms with E-state index in [9.17, 15) is 14.4 Å². The van der Waals surface area contributed by atoms with E-state index in [0.29, 0.717) is 17.7 Å². The number of hydrogen-bond donors (Lipinski definition) is 2. The first kappa shape index (κ1) is 18.8. The van der Waals surface area contributed by atoms with Gasteiger partial charge in [0.25, 0.3) is 5.91 Å². The van der Waals surface area contributed by atoms with Crippen LogP contribution < -0.4 is 5.32 Å². The number of rotatable bonds is 3. The van der Waals surface area contributed by atoms with Gasteiger partial charge in [-0.3, -0.25) is 9.59 Å². The number of amides is 1. The van der Waals surface area contributed by atoms with E-state index in [1.807, 2.05) is 39.8 Å². The highest BCUT2D eigenvalue weighted by atomic mass is 16.4. The third kappa shape index (κ3) is 3.37. The maximum Gasteiger partial charge on any atom is 0.335 e. The largest absolute Gasteiger partial charge is 0.478 e. The van der Waals surface area contributed by atoms with Crippen LogP contribution in [0.3, 0.4) is 0 Å². The van der Waals surface area contributed by atoms with Crippen molar-refractivity contribution >= 4 is 23.3 Å². The SMILES string of the molecule is CC1(C)CC(=O)C(C)(C)c2ccc(NC(=O)c3ccc(C(=O)O)cc3)cc21. The first-order valence-electron chi connectivity index (χ1n) is 8.85. The number of Topliss-reactive ketones (excluding diaryl/α,β-unsaturated/α-hetero) is 1. The minimum absolute atomic E-state index is 0.133. The van der Waals surface area contributed by atoms with Crippen LogP contribution in [0.25, 0.3) is 0 Å². The van der Waals surface area contributed by atoms with Gasteiger partial charge in [0.05, 0.1) is 5.56 Å². The first-order valence-corrected chi connectivity index (χ1v) is 8.85. The molecule has 0 atom stereocenters. The number of carbonyl (C=O) groups is 3. The van der Waals surface area contributed by atoms with E-state index in [0.717, 1.165) is 11.1 Å². The summed E-state index contributed by atoms with van der Waals surface area (Å²) in [6.07, 6.45) is 0.459. The fraction of sp³-hybridized carbons (Fsp3) is 0.318. The number of carboxylic acids is 1. The van der Waals surface area contributed by atoms with E-state index in [1.54, 1.807) is 6.07 Å². The molecule has 2 aromatic rings. The van der Waals surface area contributed by atoms with Gasteiger partial charge in [0.1, 0.15) is 5.78 Å². The molecular weight excluding hydrogens is 342 g/mol. The zero-order valence-electron chi connectivity index (χ0n) is 15.9. The van der Waals surface area contributed by atoms with Crippen molar-refractivity contribution in [2.24, 2.45) is 0 Å². The Bertz CT molecular complexity index is 939. The molecule has 1 aliphatic carbocycles. The zero-order valence-corrected chi connectivity index (χ0v) is 15.9. The summed E-state index contributed by atoms with van der Waals surface area (Å²) in [7, 11) is 0. The summed E-state index contributed by atoms with van der Waals surface area (Å²) < 4.78 is 0. The number of aromatic carboxylic acids is 1. The monoisotopic (exact) mass is 365 g/mol. The fourth-order valence-electron chi connectivity index (χ4n) is 3.56. The Hall–Kier alpha value is -2.95. The van der Waals surface area contributed by atoms with Crippen LogP contribution in [0.15, 0.2) is 42.5 Å². The lowest BCUT2D eigenvalue weighted by Gasteiger charge is -2.40. The van der Waals surface area contributed by atoms with Crippen LogP contribution in [-0.4, -0.2) is 22.8 Å². The van der Waals surface area contributed by atoms with E-state index >= 15 is 0 Å². The molecule has 0 fully saturated rings. The number of ketones is 1. The number of nitrogens with one attached hydrogen (secondary N) is 1. The highest BCUT2D eigenvalue weighted by Crippen LogP contribution is 2.44. The van der Waals surface area contributed by atoms with E-state index in [-0.39, 0.29) is 22.7 Å². The summed E-state index contributed by atoms with van der Waals surface area (Å²) in [4.78, 5) is 35.9. The molecule has 0 bridgehead atoms. The van der Waals surface area contributed by atoms with E-state index in [4.69, 9.17) is 5.11 Å². The number of fused-ring (bicyclic) bond motifs is 1. The molecule has 5 heteroatoms. The van der Waals surface area contributed by atoms with Gasteiger partial charge in [0.2, 0.25) is 0 Å². The fourth-order valence-corrected chi connectivity index (χ4v) is 3.56. The van der Waals surface area contributed by atoms with Crippen LogP contribution >= 0.6 is 0 Å². The maximum atomic E-state index is 12.5. The van der Waals surface area contributed by atoms with Gasteiger partial charge in [-0.2, -0.15) is 0 Å². The molecule has 0 unspecified atom stereocenters. The Kier molecular flexibility index (Phi) is 4.42. The molecule has 5 nitrogen and oxygen atoms in total. The second kappa shape index (κ2) is 6.34. The Labute approximate surface area is 158 Å². The van der Waals surface area contributed by atoms with Crippen LogP contribution in [0.4, 0.5) is 5.69 Å². The summed E-state index contributed by atoms with van der Waals surface area (Å²) in [6.45, 7) is 7.95. The van der Waals surface area contributed by atoms with Crippen molar-refractivity contribution in [1.82, 2.24) is 0 Å². The van der Waals surface area contributed by atoms with E-state index in [1.165, 1.54) is 24.3 Å². The van der Waals surface area contributed by atoms with Crippen LogP contribution in [0, 0.1) is 0 Å². The van der Waals surface area contributed by atoms with E-state index < -0.39 is 11.4 Å². The Morgan fingerprint density at radius 2 is 1.52 bits per heavy atom. The third-order valence-electron chi connectivity index (χ3n) is 5.37. The van der Waals surface area contributed by atoms with Gasteiger partial charge in [0, 0.05) is 23.1 Å². The van der Waals surface area contributed by atoms with Gasteiger partial charge in [-0.05, 0) is 66.8 Å². The minimum atomic E-state index is -1.03. The molecule has 0 spiro atoms. The lowest BCUT2D eigenvalue weighted by Crippen LogP contribution is -2.42. The lowest BCUT2D eigenvalue weighted by molar-refractivity contribution is -0.125. The second-order valence-corrected chi connectivity index (χ2v) is 8.21.